The maximum absolute atomic E-state index is 10.1. The summed E-state index contributed by atoms with van der Waals surface area (Å²) in [5.41, 5.74) is 0. The third-order valence-corrected chi connectivity index (χ3v) is 4.32. The molecule has 0 aliphatic carbocycles. The van der Waals surface area contributed by atoms with E-state index in [0.29, 0.717) is 6.54 Å². The predicted octanol–water partition coefficient (Wildman–Crippen LogP) is 2.04. The summed E-state index contributed by atoms with van der Waals surface area (Å²) >= 11 is 0. The van der Waals surface area contributed by atoms with Crippen molar-refractivity contribution >= 4 is 10.8 Å². The Labute approximate surface area is 130 Å². The number of benzene rings is 2. The van der Waals surface area contributed by atoms with Crippen molar-refractivity contribution in [3.05, 3.63) is 42.5 Å². The van der Waals surface area contributed by atoms with Crippen LogP contribution in [0.3, 0.4) is 0 Å². The molecule has 22 heavy (non-hydrogen) atoms. The van der Waals surface area contributed by atoms with E-state index in [0.717, 1.165) is 30.5 Å². The lowest BCUT2D eigenvalue weighted by Gasteiger charge is -2.25. The summed E-state index contributed by atoms with van der Waals surface area (Å²) in [5.74, 6) is 0.776. The first-order valence-corrected chi connectivity index (χ1v) is 7.91. The molecule has 0 amide bonds. The molecule has 0 bridgehead atoms. The van der Waals surface area contributed by atoms with Crippen LogP contribution in [0.25, 0.3) is 10.8 Å². The molecule has 1 aliphatic rings. The quantitative estimate of drug-likeness (QED) is 0.857. The lowest BCUT2D eigenvalue weighted by molar-refractivity contribution is 0.0533. The van der Waals surface area contributed by atoms with Crippen molar-refractivity contribution in [1.82, 2.24) is 4.90 Å². The van der Waals surface area contributed by atoms with Gasteiger partial charge in [0.05, 0.1) is 6.61 Å². The molecular formula is C18H23NO3. The average Bonchev–Trinajstić information content (AvgIpc) is 3.00. The van der Waals surface area contributed by atoms with Crippen LogP contribution in [0.5, 0.6) is 5.75 Å². The zero-order valence-corrected chi connectivity index (χ0v) is 12.7. The molecule has 2 aromatic carbocycles. The third kappa shape index (κ3) is 3.58. The minimum absolute atomic E-state index is 0.165. The maximum atomic E-state index is 10.1. The van der Waals surface area contributed by atoms with E-state index in [4.69, 9.17) is 4.74 Å². The molecule has 2 aromatic rings. The molecule has 1 fully saturated rings. The van der Waals surface area contributed by atoms with E-state index in [2.05, 4.69) is 17.0 Å². The van der Waals surface area contributed by atoms with Gasteiger partial charge in [-0.05, 0) is 42.3 Å². The number of β-amino-alcohol motifs (C(OH)–C–C–N with tert-alkyl or cyclic N) is 1. The standard InChI is InChI=1S/C18H23NO3/c20-12-16-6-3-9-19(16)11-17(21)13-22-18-8-7-14-4-1-2-5-15(14)10-18/h1-2,4-5,7-8,10,16-17,20-21H,3,6,9,11-13H2/t16-,17+/m0/s1. The van der Waals surface area contributed by atoms with Crippen LogP contribution in [0.2, 0.25) is 0 Å². The van der Waals surface area contributed by atoms with Crippen molar-refractivity contribution in [2.24, 2.45) is 0 Å². The second-order valence-electron chi connectivity index (χ2n) is 5.95. The van der Waals surface area contributed by atoms with Crippen molar-refractivity contribution in [3.8, 4) is 5.75 Å². The summed E-state index contributed by atoms with van der Waals surface area (Å²) in [6.07, 6.45) is 1.55. The second kappa shape index (κ2) is 7.09. The van der Waals surface area contributed by atoms with Crippen LogP contribution in [0.4, 0.5) is 0 Å². The molecule has 1 saturated heterocycles. The number of aliphatic hydroxyl groups excluding tert-OH is 2. The molecule has 118 valence electrons. The van der Waals surface area contributed by atoms with Crippen molar-refractivity contribution < 1.29 is 14.9 Å². The zero-order chi connectivity index (χ0) is 15.4. The number of hydrogen-bond acceptors (Lipinski definition) is 4. The van der Waals surface area contributed by atoms with Gasteiger partial charge in [-0.3, -0.25) is 4.90 Å². The Morgan fingerprint density at radius 1 is 1.18 bits per heavy atom. The SMILES string of the molecule is OC[C@@H]1CCCN1C[C@@H](O)COc1ccc2ccccc2c1. The van der Waals surface area contributed by atoms with Gasteiger partial charge in [0.1, 0.15) is 18.5 Å². The molecule has 2 N–H and O–H groups in total. The molecule has 0 radical (unpaired) electrons. The molecular weight excluding hydrogens is 278 g/mol. The Kier molecular flexibility index (Phi) is 4.93. The number of hydrogen-bond donors (Lipinski definition) is 2. The topological polar surface area (TPSA) is 52.9 Å². The summed E-state index contributed by atoms with van der Waals surface area (Å²) in [4.78, 5) is 2.15. The van der Waals surface area contributed by atoms with Crippen LogP contribution in [0, 0.1) is 0 Å². The number of rotatable bonds is 6. The van der Waals surface area contributed by atoms with Gasteiger partial charge in [-0.2, -0.15) is 0 Å². The molecule has 2 atom stereocenters. The van der Waals surface area contributed by atoms with Crippen LogP contribution >= 0.6 is 0 Å². The van der Waals surface area contributed by atoms with Crippen LogP contribution in [0.1, 0.15) is 12.8 Å². The highest BCUT2D eigenvalue weighted by molar-refractivity contribution is 5.83. The van der Waals surface area contributed by atoms with Gasteiger partial charge < -0.3 is 14.9 Å². The zero-order valence-electron chi connectivity index (χ0n) is 12.7. The number of ether oxygens (including phenoxy) is 1. The molecule has 4 nitrogen and oxygen atoms in total. The highest BCUT2D eigenvalue weighted by Crippen LogP contribution is 2.21. The smallest absolute Gasteiger partial charge is 0.120 e. The summed E-state index contributed by atoms with van der Waals surface area (Å²) in [7, 11) is 0. The van der Waals surface area contributed by atoms with Gasteiger partial charge in [0, 0.05) is 12.6 Å². The lowest BCUT2D eigenvalue weighted by Crippen LogP contribution is -2.40. The average molecular weight is 301 g/mol. The first-order chi connectivity index (χ1) is 10.8. The first kappa shape index (κ1) is 15.3. The fourth-order valence-electron chi connectivity index (χ4n) is 3.12. The number of aliphatic hydroxyl groups is 2. The van der Waals surface area contributed by atoms with Crippen molar-refractivity contribution in [2.45, 2.75) is 25.0 Å². The van der Waals surface area contributed by atoms with Crippen LogP contribution < -0.4 is 4.74 Å². The summed E-state index contributed by atoms with van der Waals surface area (Å²) in [6, 6.07) is 14.3. The number of likely N-dealkylation sites (tertiary alicyclic amines) is 1. The lowest BCUT2D eigenvalue weighted by atomic mass is 10.1. The summed E-state index contributed by atoms with van der Waals surface area (Å²) in [5, 5.41) is 21.8. The van der Waals surface area contributed by atoms with E-state index in [-0.39, 0.29) is 19.3 Å². The summed E-state index contributed by atoms with van der Waals surface area (Å²) in [6.45, 7) is 1.93. The minimum atomic E-state index is -0.543. The minimum Gasteiger partial charge on any atom is -0.491 e. The Balaban J connectivity index is 1.54. The molecule has 0 saturated carbocycles. The van der Waals surface area contributed by atoms with E-state index >= 15 is 0 Å². The van der Waals surface area contributed by atoms with Crippen molar-refractivity contribution in [3.63, 3.8) is 0 Å². The van der Waals surface area contributed by atoms with E-state index in [1.54, 1.807) is 0 Å². The fourth-order valence-corrected chi connectivity index (χ4v) is 3.12. The van der Waals surface area contributed by atoms with Gasteiger partial charge in [0.2, 0.25) is 0 Å². The van der Waals surface area contributed by atoms with E-state index in [9.17, 15) is 10.2 Å². The molecule has 0 spiro atoms. The molecule has 3 rings (SSSR count). The summed E-state index contributed by atoms with van der Waals surface area (Å²) < 4.78 is 5.72. The largest absolute Gasteiger partial charge is 0.491 e. The number of nitrogens with zero attached hydrogens (tertiary/aromatic N) is 1. The van der Waals surface area contributed by atoms with Gasteiger partial charge >= 0.3 is 0 Å². The molecule has 0 unspecified atom stereocenters. The molecule has 1 aliphatic heterocycles. The van der Waals surface area contributed by atoms with Gasteiger partial charge in [-0.25, -0.2) is 0 Å². The molecule has 0 aromatic heterocycles. The highest BCUT2D eigenvalue weighted by Gasteiger charge is 2.25. The molecule has 1 heterocycles. The van der Waals surface area contributed by atoms with Crippen LogP contribution in [-0.2, 0) is 0 Å². The first-order valence-electron chi connectivity index (χ1n) is 7.91. The number of fused-ring (bicyclic) bond motifs is 1. The van der Waals surface area contributed by atoms with Gasteiger partial charge in [0.25, 0.3) is 0 Å². The van der Waals surface area contributed by atoms with E-state index < -0.39 is 6.10 Å². The Hall–Kier alpha value is -1.62. The maximum Gasteiger partial charge on any atom is 0.120 e. The highest BCUT2D eigenvalue weighted by atomic mass is 16.5. The van der Waals surface area contributed by atoms with Crippen LogP contribution in [0.15, 0.2) is 42.5 Å². The Bertz CT molecular complexity index is 616. The van der Waals surface area contributed by atoms with Crippen molar-refractivity contribution in [1.29, 1.82) is 0 Å². The molecule has 4 heteroatoms. The van der Waals surface area contributed by atoms with Crippen molar-refractivity contribution in [2.75, 3.05) is 26.3 Å². The fraction of sp³-hybridized carbons (Fsp3) is 0.444. The normalized spacial score (nSPS) is 20.4. The monoisotopic (exact) mass is 301 g/mol. The third-order valence-electron chi connectivity index (χ3n) is 4.32. The van der Waals surface area contributed by atoms with E-state index in [1.807, 2.05) is 30.3 Å². The Morgan fingerprint density at radius 2 is 2.00 bits per heavy atom. The Morgan fingerprint density at radius 3 is 2.82 bits per heavy atom. The predicted molar refractivity (Wildman–Crippen MR) is 87.1 cm³/mol. The van der Waals surface area contributed by atoms with E-state index in [1.165, 1.54) is 5.39 Å². The van der Waals surface area contributed by atoms with Gasteiger partial charge in [0.15, 0.2) is 0 Å². The second-order valence-corrected chi connectivity index (χ2v) is 5.95. The van der Waals surface area contributed by atoms with Gasteiger partial charge in [-0.1, -0.05) is 30.3 Å². The van der Waals surface area contributed by atoms with Crippen LogP contribution in [-0.4, -0.2) is 53.6 Å². The van der Waals surface area contributed by atoms with Gasteiger partial charge in [-0.15, -0.1) is 0 Å².